The Morgan fingerprint density at radius 2 is 2.44 bits per heavy atom. The highest BCUT2D eigenvalue weighted by Gasteiger charge is 1.99. The highest BCUT2D eigenvalue weighted by molar-refractivity contribution is 5.06. The Morgan fingerprint density at radius 3 is 2.89 bits per heavy atom. The Hall–Kier alpha value is -1.10. The second-order valence-electron chi connectivity index (χ2n) is 1.52. The molecule has 5 nitrogen and oxygen atoms in total. The molecule has 1 heterocycles. The predicted octanol–water partition coefficient (Wildman–Crippen LogP) is -0.813. The van der Waals surface area contributed by atoms with Crippen molar-refractivity contribution in [1.29, 1.82) is 0 Å². The van der Waals surface area contributed by atoms with E-state index in [4.69, 9.17) is 10.8 Å². The smallest absolute Gasteiger partial charge is 0.318 e. The summed E-state index contributed by atoms with van der Waals surface area (Å²) in [4.78, 5) is 3.64. The lowest BCUT2D eigenvalue weighted by Gasteiger charge is -1.81. The number of rotatable bonds is 2. The van der Waals surface area contributed by atoms with Crippen LogP contribution >= 0.6 is 0 Å². The summed E-state index contributed by atoms with van der Waals surface area (Å²) in [6.07, 6.45) is 0.390. The molecular formula is C4H7N3O2. The maximum Gasteiger partial charge on any atom is 0.318 e. The summed E-state index contributed by atoms with van der Waals surface area (Å²) in [6.45, 7) is 0.0129. The van der Waals surface area contributed by atoms with E-state index >= 15 is 0 Å². The zero-order chi connectivity index (χ0) is 6.69. The molecule has 0 saturated heterocycles. The number of hydrogen-bond acceptors (Lipinski definition) is 5. The quantitative estimate of drug-likeness (QED) is 0.545. The molecule has 5 heteroatoms. The van der Waals surface area contributed by atoms with Crippen molar-refractivity contribution >= 4 is 6.01 Å². The first-order valence-corrected chi connectivity index (χ1v) is 2.52. The van der Waals surface area contributed by atoms with Crippen LogP contribution in [0.3, 0.4) is 0 Å². The molecule has 0 aliphatic rings. The minimum atomic E-state index is 0.0129. The van der Waals surface area contributed by atoms with E-state index < -0.39 is 0 Å². The second kappa shape index (κ2) is 2.45. The molecule has 50 valence electrons. The van der Waals surface area contributed by atoms with Crippen LogP contribution in [0.25, 0.3) is 0 Å². The van der Waals surface area contributed by atoms with Gasteiger partial charge >= 0.3 is 6.01 Å². The SMILES string of the molecule is Nc1nc(CCO)no1. The molecule has 0 aliphatic heterocycles. The molecule has 0 fully saturated rings. The fraction of sp³-hybridized carbons (Fsp3) is 0.500. The Bertz CT molecular complexity index is 186. The van der Waals surface area contributed by atoms with Gasteiger partial charge in [-0.05, 0) is 0 Å². The third-order valence-corrected chi connectivity index (χ3v) is 0.819. The molecule has 1 aromatic rings. The van der Waals surface area contributed by atoms with Gasteiger partial charge in [0.05, 0.1) is 6.61 Å². The van der Waals surface area contributed by atoms with Crippen LogP contribution in [0.2, 0.25) is 0 Å². The number of nitrogens with zero attached hydrogens (tertiary/aromatic N) is 2. The first-order valence-electron chi connectivity index (χ1n) is 2.52. The summed E-state index contributed by atoms with van der Waals surface area (Å²) in [6, 6.07) is 0.0402. The summed E-state index contributed by atoms with van der Waals surface area (Å²) in [5.74, 6) is 0.440. The van der Waals surface area contributed by atoms with Gasteiger partial charge in [0, 0.05) is 6.42 Å². The van der Waals surface area contributed by atoms with Crippen LogP contribution < -0.4 is 5.73 Å². The van der Waals surface area contributed by atoms with Crippen LogP contribution in [0.5, 0.6) is 0 Å². The van der Waals surface area contributed by atoms with Gasteiger partial charge in [-0.15, -0.1) is 0 Å². The number of aliphatic hydroxyl groups excluding tert-OH is 1. The minimum Gasteiger partial charge on any atom is -0.396 e. The van der Waals surface area contributed by atoms with Crippen LogP contribution in [-0.4, -0.2) is 21.9 Å². The molecule has 0 bridgehead atoms. The van der Waals surface area contributed by atoms with E-state index in [9.17, 15) is 0 Å². The Morgan fingerprint density at radius 1 is 1.67 bits per heavy atom. The third-order valence-electron chi connectivity index (χ3n) is 0.819. The standard InChI is InChI=1S/C4H7N3O2/c5-4-6-3(1-2-8)7-9-4/h8H,1-2H2,(H2,5,6,7). The van der Waals surface area contributed by atoms with Gasteiger partial charge in [0.25, 0.3) is 0 Å². The Labute approximate surface area is 51.5 Å². The molecule has 0 saturated carbocycles. The lowest BCUT2D eigenvalue weighted by Crippen LogP contribution is -1.92. The van der Waals surface area contributed by atoms with E-state index in [0.717, 1.165) is 0 Å². The fourth-order valence-electron chi connectivity index (χ4n) is 0.469. The zero-order valence-corrected chi connectivity index (χ0v) is 4.74. The van der Waals surface area contributed by atoms with E-state index in [0.29, 0.717) is 12.2 Å². The van der Waals surface area contributed by atoms with Crippen molar-refractivity contribution in [2.24, 2.45) is 0 Å². The van der Waals surface area contributed by atoms with E-state index in [2.05, 4.69) is 14.7 Å². The highest BCUT2D eigenvalue weighted by atomic mass is 16.5. The first-order chi connectivity index (χ1) is 4.33. The van der Waals surface area contributed by atoms with Gasteiger partial charge in [0.1, 0.15) is 0 Å². The molecule has 0 atom stereocenters. The molecule has 1 rings (SSSR count). The van der Waals surface area contributed by atoms with Gasteiger partial charge in [-0.2, -0.15) is 4.98 Å². The van der Waals surface area contributed by atoms with Gasteiger partial charge < -0.3 is 15.4 Å². The molecule has 3 N–H and O–H groups in total. The molecule has 1 aromatic heterocycles. The molecule has 0 amide bonds. The molecule has 0 radical (unpaired) electrons. The molecule has 9 heavy (non-hydrogen) atoms. The van der Waals surface area contributed by atoms with E-state index in [1.165, 1.54) is 0 Å². The minimum absolute atomic E-state index is 0.0129. The number of nitrogens with two attached hydrogens (primary N) is 1. The average Bonchev–Trinajstić information content (AvgIpc) is 2.17. The van der Waals surface area contributed by atoms with Crippen molar-refractivity contribution in [3.63, 3.8) is 0 Å². The topological polar surface area (TPSA) is 85.2 Å². The van der Waals surface area contributed by atoms with Crippen molar-refractivity contribution in [2.45, 2.75) is 6.42 Å². The van der Waals surface area contributed by atoms with E-state index in [1.54, 1.807) is 0 Å². The lowest BCUT2D eigenvalue weighted by atomic mass is 10.4. The first kappa shape index (κ1) is 6.03. The zero-order valence-electron chi connectivity index (χ0n) is 4.74. The Kier molecular flexibility index (Phi) is 1.64. The largest absolute Gasteiger partial charge is 0.396 e. The number of aliphatic hydroxyl groups is 1. The monoisotopic (exact) mass is 129 g/mol. The van der Waals surface area contributed by atoms with Crippen LogP contribution in [0.1, 0.15) is 5.82 Å². The second-order valence-corrected chi connectivity index (χ2v) is 1.52. The third kappa shape index (κ3) is 1.39. The van der Waals surface area contributed by atoms with Crippen LogP contribution in [0, 0.1) is 0 Å². The van der Waals surface area contributed by atoms with Gasteiger partial charge in [-0.25, -0.2) is 0 Å². The average molecular weight is 129 g/mol. The van der Waals surface area contributed by atoms with Crippen LogP contribution in [0.4, 0.5) is 6.01 Å². The molecular weight excluding hydrogens is 122 g/mol. The summed E-state index contributed by atoms with van der Waals surface area (Å²) in [7, 11) is 0. The molecule has 0 spiro atoms. The van der Waals surface area contributed by atoms with E-state index in [-0.39, 0.29) is 12.6 Å². The van der Waals surface area contributed by atoms with Crippen molar-refractivity contribution < 1.29 is 9.63 Å². The number of hydrogen-bond donors (Lipinski definition) is 2. The van der Waals surface area contributed by atoms with Crippen molar-refractivity contribution in [2.75, 3.05) is 12.3 Å². The van der Waals surface area contributed by atoms with Gasteiger partial charge in [-0.3, -0.25) is 0 Å². The van der Waals surface area contributed by atoms with E-state index in [1.807, 2.05) is 0 Å². The lowest BCUT2D eigenvalue weighted by molar-refractivity contribution is 0.293. The number of anilines is 1. The van der Waals surface area contributed by atoms with Gasteiger partial charge in [0.2, 0.25) is 0 Å². The van der Waals surface area contributed by atoms with Crippen molar-refractivity contribution in [3.8, 4) is 0 Å². The molecule has 0 aliphatic carbocycles. The van der Waals surface area contributed by atoms with Gasteiger partial charge in [0.15, 0.2) is 5.82 Å². The Balaban J connectivity index is 2.61. The van der Waals surface area contributed by atoms with Crippen LogP contribution in [0.15, 0.2) is 4.52 Å². The summed E-state index contributed by atoms with van der Waals surface area (Å²) >= 11 is 0. The fourth-order valence-corrected chi connectivity index (χ4v) is 0.469. The van der Waals surface area contributed by atoms with Crippen molar-refractivity contribution in [1.82, 2.24) is 10.1 Å². The summed E-state index contributed by atoms with van der Waals surface area (Å²) < 4.78 is 4.42. The summed E-state index contributed by atoms with van der Waals surface area (Å²) in [5.41, 5.74) is 5.09. The van der Waals surface area contributed by atoms with Gasteiger partial charge in [-0.1, -0.05) is 5.16 Å². The number of aromatic nitrogens is 2. The highest BCUT2D eigenvalue weighted by Crippen LogP contribution is 1.96. The number of nitrogen functional groups attached to an aromatic ring is 1. The molecule has 0 aromatic carbocycles. The maximum absolute atomic E-state index is 8.37. The van der Waals surface area contributed by atoms with Crippen LogP contribution in [-0.2, 0) is 6.42 Å². The normalized spacial score (nSPS) is 9.89. The maximum atomic E-state index is 8.37. The molecule has 0 unspecified atom stereocenters. The predicted molar refractivity (Wildman–Crippen MR) is 29.5 cm³/mol. The summed E-state index contributed by atoms with van der Waals surface area (Å²) in [5, 5.41) is 11.8. The van der Waals surface area contributed by atoms with Crippen molar-refractivity contribution in [3.05, 3.63) is 5.82 Å².